The highest BCUT2D eigenvalue weighted by atomic mass is 35.5. The smallest absolute Gasteiger partial charge is 0.293 e. The summed E-state index contributed by atoms with van der Waals surface area (Å²) in [5, 5.41) is 17.7. The average Bonchev–Trinajstić information content (AvgIpc) is 3.68. The van der Waals surface area contributed by atoms with E-state index in [1.165, 1.54) is 12.3 Å². The van der Waals surface area contributed by atoms with E-state index in [1.807, 2.05) is 11.0 Å². The zero-order valence-corrected chi connectivity index (χ0v) is 23.0. The second kappa shape index (κ2) is 11.9. The molecule has 3 aromatic rings. The Morgan fingerprint density at radius 1 is 0.950 bits per heavy atom. The average molecular weight is 583 g/mol. The van der Waals surface area contributed by atoms with Gasteiger partial charge in [0.25, 0.3) is 17.5 Å². The van der Waals surface area contributed by atoms with Crippen molar-refractivity contribution in [2.45, 2.75) is 12.8 Å². The number of nitrogens with zero attached hydrogens (tertiary/aromatic N) is 4. The molecule has 2 amide bonds. The van der Waals surface area contributed by atoms with Crippen LogP contribution in [0.1, 0.15) is 33.8 Å². The standard InChI is InChI=1S/C27H27ClN6O5S/c28-20-17-19(6-8-21(20)32-11-13-33(14-12-32)26(36)24-4-3-15-39-24)29-27(40)30-25(35)18-5-7-22(23(16-18)34(37)38)31-9-1-2-10-31/h3-8,15-17H,1-2,9-14H2,(H2,29,30,35,40). The predicted molar refractivity (Wildman–Crippen MR) is 157 cm³/mol. The first kappa shape index (κ1) is 27.4. The van der Waals surface area contributed by atoms with Crippen LogP contribution >= 0.6 is 23.8 Å². The summed E-state index contributed by atoms with van der Waals surface area (Å²) in [4.78, 5) is 42.3. The maximum absolute atomic E-state index is 12.8. The van der Waals surface area contributed by atoms with Crippen molar-refractivity contribution in [2.75, 3.05) is 54.4 Å². The predicted octanol–water partition coefficient (Wildman–Crippen LogP) is 4.53. The van der Waals surface area contributed by atoms with Crippen LogP contribution in [0.15, 0.2) is 59.2 Å². The Morgan fingerprint density at radius 2 is 1.65 bits per heavy atom. The van der Waals surface area contributed by atoms with E-state index in [-0.39, 0.29) is 22.3 Å². The molecule has 0 atom stereocenters. The molecule has 0 bridgehead atoms. The quantitative estimate of drug-likeness (QED) is 0.245. The van der Waals surface area contributed by atoms with Crippen LogP contribution in [0.3, 0.4) is 0 Å². The molecule has 1 aromatic heterocycles. The van der Waals surface area contributed by atoms with Crippen molar-refractivity contribution >= 4 is 63.5 Å². The van der Waals surface area contributed by atoms with Crippen LogP contribution in [-0.4, -0.2) is 66.0 Å². The Labute approximate surface area is 240 Å². The SMILES string of the molecule is O=C(NC(=S)Nc1ccc(N2CCN(C(=O)c3ccco3)CC2)c(Cl)c1)c1ccc(N2CCCC2)c([N+](=O)[O-])c1. The fourth-order valence-electron chi connectivity index (χ4n) is 4.92. The van der Waals surface area contributed by atoms with Crippen molar-refractivity contribution in [1.82, 2.24) is 10.2 Å². The largest absolute Gasteiger partial charge is 0.459 e. The van der Waals surface area contributed by atoms with E-state index in [2.05, 4.69) is 15.5 Å². The van der Waals surface area contributed by atoms with Gasteiger partial charge in [0, 0.05) is 56.6 Å². The van der Waals surface area contributed by atoms with Crippen LogP contribution < -0.4 is 20.4 Å². The molecule has 13 heteroatoms. The van der Waals surface area contributed by atoms with E-state index in [9.17, 15) is 19.7 Å². The topological polar surface area (TPSA) is 124 Å². The van der Waals surface area contributed by atoms with Crippen molar-refractivity contribution in [3.05, 3.63) is 81.3 Å². The number of hydrogen-bond acceptors (Lipinski definition) is 8. The number of anilines is 3. The van der Waals surface area contributed by atoms with Gasteiger partial charge in [-0.2, -0.15) is 0 Å². The molecule has 11 nitrogen and oxygen atoms in total. The molecule has 0 aliphatic carbocycles. The number of benzene rings is 2. The minimum atomic E-state index is -0.557. The maximum Gasteiger partial charge on any atom is 0.293 e. The third-order valence-electron chi connectivity index (χ3n) is 6.95. The number of nitro benzene ring substituents is 1. The van der Waals surface area contributed by atoms with Crippen LogP contribution in [0, 0.1) is 10.1 Å². The van der Waals surface area contributed by atoms with Crippen LogP contribution in [0.4, 0.5) is 22.7 Å². The molecule has 2 aromatic carbocycles. The van der Waals surface area contributed by atoms with E-state index < -0.39 is 10.8 Å². The van der Waals surface area contributed by atoms with Crippen molar-refractivity contribution in [1.29, 1.82) is 0 Å². The van der Waals surface area contributed by atoms with Crippen LogP contribution in [0.5, 0.6) is 0 Å². The Hall–Kier alpha value is -4.16. The van der Waals surface area contributed by atoms with E-state index in [1.54, 1.807) is 41.3 Å². The Morgan fingerprint density at radius 3 is 2.30 bits per heavy atom. The summed E-state index contributed by atoms with van der Waals surface area (Å²) < 4.78 is 5.21. The summed E-state index contributed by atoms with van der Waals surface area (Å²) in [5.74, 6) is -0.372. The zero-order chi connectivity index (χ0) is 28.2. The van der Waals surface area contributed by atoms with Gasteiger partial charge < -0.3 is 24.4 Å². The third-order valence-corrected chi connectivity index (χ3v) is 7.46. The van der Waals surface area contributed by atoms with Gasteiger partial charge in [0.1, 0.15) is 5.69 Å². The van der Waals surface area contributed by atoms with E-state index in [0.717, 1.165) is 31.6 Å². The number of rotatable bonds is 6. The van der Waals surface area contributed by atoms with Gasteiger partial charge in [0.05, 0.1) is 21.9 Å². The van der Waals surface area contributed by atoms with Crippen molar-refractivity contribution in [3.8, 4) is 0 Å². The number of carbonyl (C=O) groups is 2. The molecule has 2 aliphatic heterocycles. The monoisotopic (exact) mass is 582 g/mol. The first-order valence-electron chi connectivity index (χ1n) is 12.8. The molecule has 2 aliphatic rings. The summed E-state index contributed by atoms with van der Waals surface area (Å²) >= 11 is 11.9. The van der Waals surface area contributed by atoms with Gasteiger partial charge in [0.2, 0.25) is 0 Å². The van der Waals surface area contributed by atoms with Gasteiger partial charge in [-0.15, -0.1) is 0 Å². The lowest BCUT2D eigenvalue weighted by Crippen LogP contribution is -2.48. The number of amides is 2. The molecule has 3 heterocycles. The van der Waals surface area contributed by atoms with Crippen LogP contribution in [0.25, 0.3) is 0 Å². The van der Waals surface area contributed by atoms with Gasteiger partial charge >= 0.3 is 0 Å². The molecule has 40 heavy (non-hydrogen) atoms. The lowest BCUT2D eigenvalue weighted by molar-refractivity contribution is -0.384. The van der Waals surface area contributed by atoms with E-state index in [0.29, 0.717) is 48.3 Å². The summed E-state index contributed by atoms with van der Waals surface area (Å²) in [5.41, 5.74) is 1.93. The van der Waals surface area contributed by atoms with E-state index >= 15 is 0 Å². The van der Waals surface area contributed by atoms with Crippen LogP contribution in [-0.2, 0) is 0 Å². The molecular weight excluding hydrogens is 556 g/mol. The van der Waals surface area contributed by atoms with Crippen molar-refractivity contribution in [3.63, 3.8) is 0 Å². The molecule has 208 valence electrons. The number of thiocarbonyl (C=S) groups is 1. The van der Waals surface area contributed by atoms with Gasteiger partial charge in [-0.05, 0) is 67.5 Å². The number of hydrogen-bond donors (Lipinski definition) is 2. The summed E-state index contributed by atoms with van der Waals surface area (Å²) in [6.07, 6.45) is 3.44. The normalized spacial score (nSPS) is 15.2. The fourth-order valence-corrected chi connectivity index (χ4v) is 5.43. The molecule has 2 saturated heterocycles. The van der Waals surface area contributed by atoms with Crippen LogP contribution in [0.2, 0.25) is 5.02 Å². The number of piperazine rings is 1. The van der Waals surface area contributed by atoms with Gasteiger partial charge in [0.15, 0.2) is 10.9 Å². The van der Waals surface area contributed by atoms with E-state index in [4.69, 9.17) is 28.2 Å². The molecule has 0 unspecified atom stereocenters. The van der Waals surface area contributed by atoms with Gasteiger partial charge in [-0.25, -0.2) is 0 Å². The second-order valence-corrected chi connectivity index (χ2v) is 10.3. The Balaban J connectivity index is 1.17. The molecule has 2 fully saturated rings. The highest BCUT2D eigenvalue weighted by Crippen LogP contribution is 2.32. The summed E-state index contributed by atoms with van der Waals surface area (Å²) in [6.45, 7) is 3.78. The number of furan rings is 1. The second-order valence-electron chi connectivity index (χ2n) is 9.49. The minimum Gasteiger partial charge on any atom is -0.459 e. The molecule has 0 spiro atoms. The lowest BCUT2D eigenvalue weighted by Gasteiger charge is -2.36. The van der Waals surface area contributed by atoms with Crippen molar-refractivity contribution < 1.29 is 18.9 Å². The number of halogens is 1. The molecule has 2 N–H and O–H groups in total. The van der Waals surface area contributed by atoms with Crippen molar-refractivity contribution in [2.24, 2.45) is 0 Å². The zero-order valence-electron chi connectivity index (χ0n) is 21.5. The van der Waals surface area contributed by atoms with Gasteiger partial charge in [-0.3, -0.25) is 25.0 Å². The molecule has 5 rings (SSSR count). The highest BCUT2D eigenvalue weighted by Gasteiger charge is 2.26. The number of carbonyl (C=O) groups excluding carboxylic acids is 2. The molecule has 0 saturated carbocycles. The molecular formula is C27H27ClN6O5S. The summed E-state index contributed by atoms with van der Waals surface area (Å²) in [6, 6.07) is 13.1. The third kappa shape index (κ3) is 6.02. The highest BCUT2D eigenvalue weighted by molar-refractivity contribution is 7.80. The number of nitro groups is 1. The van der Waals surface area contributed by atoms with Gasteiger partial charge in [-0.1, -0.05) is 11.6 Å². The molecule has 0 radical (unpaired) electrons. The Bertz CT molecular complexity index is 1440. The maximum atomic E-state index is 12.8. The lowest BCUT2D eigenvalue weighted by atomic mass is 10.1. The summed E-state index contributed by atoms with van der Waals surface area (Å²) in [7, 11) is 0. The first-order chi connectivity index (χ1) is 19.3. The fraction of sp³-hybridized carbons (Fsp3) is 0.296. The Kier molecular flexibility index (Phi) is 8.17. The minimum absolute atomic E-state index is 0.0325. The first-order valence-corrected chi connectivity index (χ1v) is 13.6. The number of nitrogens with one attached hydrogen (secondary N) is 2.